The van der Waals surface area contributed by atoms with Gasteiger partial charge in [-0.2, -0.15) is 0 Å². The molecule has 28 heavy (non-hydrogen) atoms. The van der Waals surface area contributed by atoms with E-state index in [9.17, 15) is 9.59 Å². The molecule has 0 saturated heterocycles. The van der Waals surface area contributed by atoms with Crippen molar-refractivity contribution >= 4 is 23.2 Å². The molecule has 0 fully saturated rings. The number of carbonyl (C=O) groups excluding carboxylic acids is 2. The molecule has 6 heteroatoms. The minimum atomic E-state index is -0.259. The summed E-state index contributed by atoms with van der Waals surface area (Å²) < 4.78 is 11.1. The molecule has 0 aromatic heterocycles. The van der Waals surface area contributed by atoms with Crippen LogP contribution in [0.1, 0.15) is 26.3 Å². The lowest BCUT2D eigenvalue weighted by Crippen LogP contribution is -2.40. The van der Waals surface area contributed by atoms with E-state index in [0.29, 0.717) is 29.6 Å². The topological polar surface area (TPSA) is 67.9 Å². The monoisotopic (exact) mass is 382 g/mol. The van der Waals surface area contributed by atoms with Gasteiger partial charge in [0.15, 0.2) is 13.2 Å². The van der Waals surface area contributed by atoms with Crippen LogP contribution < -0.4 is 19.7 Å². The van der Waals surface area contributed by atoms with E-state index in [1.807, 2.05) is 24.3 Å². The molecule has 1 aliphatic heterocycles. The zero-order chi connectivity index (χ0) is 20.1. The molecular formula is C22H26N2O4. The van der Waals surface area contributed by atoms with Crippen molar-refractivity contribution in [2.24, 2.45) is 5.92 Å². The fourth-order valence-electron chi connectivity index (χ4n) is 3.01. The maximum Gasteiger partial charge on any atom is 0.265 e. The van der Waals surface area contributed by atoms with Gasteiger partial charge in [-0.1, -0.05) is 32.9 Å². The first kappa shape index (κ1) is 19.7. The second-order valence-electron chi connectivity index (χ2n) is 7.20. The zero-order valence-corrected chi connectivity index (χ0v) is 16.5. The van der Waals surface area contributed by atoms with Gasteiger partial charge in [0.1, 0.15) is 11.5 Å². The molecule has 148 valence electrons. The van der Waals surface area contributed by atoms with Crippen molar-refractivity contribution in [2.75, 3.05) is 30.0 Å². The van der Waals surface area contributed by atoms with Gasteiger partial charge >= 0.3 is 0 Å². The molecule has 0 atom stereocenters. The largest absolute Gasteiger partial charge is 0.484 e. The molecule has 2 amide bonds. The lowest BCUT2D eigenvalue weighted by Gasteiger charge is -2.31. The van der Waals surface area contributed by atoms with Gasteiger partial charge in [0.05, 0.1) is 5.69 Å². The van der Waals surface area contributed by atoms with Gasteiger partial charge in [0, 0.05) is 18.3 Å². The number of rotatable bonds is 7. The van der Waals surface area contributed by atoms with Crippen LogP contribution in [-0.4, -0.2) is 31.6 Å². The van der Waals surface area contributed by atoms with E-state index >= 15 is 0 Å². The highest BCUT2D eigenvalue weighted by atomic mass is 16.5. The highest BCUT2D eigenvalue weighted by molar-refractivity contribution is 5.99. The second-order valence-corrected chi connectivity index (χ2v) is 7.20. The molecule has 0 radical (unpaired) electrons. The normalized spacial score (nSPS) is 13.1. The number of hydrogen-bond acceptors (Lipinski definition) is 4. The molecule has 0 saturated carbocycles. The van der Waals surface area contributed by atoms with Crippen LogP contribution in [0.15, 0.2) is 42.5 Å². The first-order chi connectivity index (χ1) is 13.5. The van der Waals surface area contributed by atoms with Crippen LogP contribution >= 0.6 is 0 Å². The Hall–Kier alpha value is -3.02. The Balaban J connectivity index is 1.61. The van der Waals surface area contributed by atoms with E-state index < -0.39 is 0 Å². The van der Waals surface area contributed by atoms with E-state index in [1.165, 1.54) is 5.56 Å². The first-order valence-corrected chi connectivity index (χ1v) is 9.55. The number of fused-ring (bicyclic) bond motifs is 1. The molecule has 3 rings (SSSR count). The Morgan fingerprint density at radius 3 is 2.64 bits per heavy atom. The molecule has 2 aromatic rings. The molecule has 1 heterocycles. The molecule has 0 spiro atoms. The van der Waals surface area contributed by atoms with Crippen molar-refractivity contribution in [3.05, 3.63) is 48.0 Å². The van der Waals surface area contributed by atoms with E-state index in [2.05, 4.69) is 26.1 Å². The summed E-state index contributed by atoms with van der Waals surface area (Å²) in [4.78, 5) is 26.1. The number of carbonyl (C=O) groups is 2. The van der Waals surface area contributed by atoms with Crippen molar-refractivity contribution in [3.8, 4) is 11.5 Å². The summed E-state index contributed by atoms with van der Waals surface area (Å²) in [6, 6.07) is 13.0. The van der Waals surface area contributed by atoms with Crippen molar-refractivity contribution in [1.82, 2.24) is 0 Å². The quantitative estimate of drug-likeness (QED) is 0.794. The molecule has 1 aliphatic rings. The lowest BCUT2D eigenvalue weighted by atomic mass is 10.1. The average Bonchev–Trinajstić information content (AvgIpc) is 2.69. The van der Waals surface area contributed by atoms with Gasteiger partial charge < -0.3 is 19.7 Å². The third-order valence-corrected chi connectivity index (χ3v) is 4.44. The summed E-state index contributed by atoms with van der Waals surface area (Å²) in [7, 11) is 0. The number of nitrogens with one attached hydrogen (secondary N) is 1. The van der Waals surface area contributed by atoms with Crippen molar-refractivity contribution < 1.29 is 19.1 Å². The summed E-state index contributed by atoms with van der Waals surface area (Å²) >= 11 is 0. The maximum absolute atomic E-state index is 12.2. The van der Waals surface area contributed by atoms with Crippen LogP contribution in [-0.2, 0) is 16.0 Å². The molecule has 2 aromatic carbocycles. The molecule has 0 aliphatic carbocycles. The number of benzene rings is 2. The highest BCUT2D eigenvalue weighted by Gasteiger charge is 2.26. The van der Waals surface area contributed by atoms with Crippen molar-refractivity contribution in [1.29, 1.82) is 0 Å². The minimum absolute atomic E-state index is 0.00792. The number of hydrogen-bond donors (Lipinski definition) is 1. The van der Waals surface area contributed by atoms with Gasteiger partial charge in [0.2, 0.25) is 0 Å². The van der Waals surface area contributed by atoms with Crippen LogP contribution in [0.2, 0.25) is 0 Å². The molecule has 6 nitrogen and oxygen atoms in total. The SMILES string of the molecule is CCc1ccc(OCC(=O)Nc2ccc3c(c2)OCC(=O)N3CC(C)C)cc1. The predicted molar refractivity (Wildman–Crippen MR) is 109 cm³/mol. The van der Waals surface area contributed by atoms with Gasteiger partial charge in [-0.05, 0) is 42.2 Å². The van der Waals surface area contributed by atoms with E-state index in [0.717, 1.165) is 12.1 Å². The number of amides is 2. The standard InChI is InChI=1S/C22H26N2O4/c1-4-16-5-8-18(9-6-16)27-13-21(25)23-17-7-10-19-20(11-17)28-14-22(26)24(19)12-15(2)3/h5-11,15H,4,12-14H2,1-3H3,(H,23,25). The summed E-state index contributed by atoms with van der Waals surface area (Å²) in [6.07, 6.45) is 0.960. The van der Waals surface area contributed by atoms with E-state index in [4.69, 9.17) is 9.47 Å². The number of ether oxygens (including phenoxy) is 2. The van der Waals surface area contributed by atoms with E-state index in [1.54, 1.807) is 23.1 Å². The summed E-state index contributed by atoms with van der Waals surface area (Å²) in [5.41, 5.74) is 2.55. The molecule has 1 N–H and O–H groups in total. The van der Waals surface area contributed by atoms with Crippen molar-refractivity contribution in [3.63, 3.8) is 0 Å². The van der Waals surface area contributed by atoms with Crippen LogP contribution in [0.3, 0.4) is 0 Å². The predicted octanol–water partition coefficient (Wildman–Crippen LogP) is 3.65. The van der Waals surface area contributed by atoms with E-state index in [-0.39, 0.29) is 25.0 Å². The summed E-state index contributed by atoms with van der Waals surface area (Å²) in [5.74, 6) is 1.28. The Morgan fingerprint density at radius 1 is 1.21 bits per heavy atom. The van der Waals surface area contributed by atoms with Crippen LogP contribution in [0.4, 0.5) is 11.4 Å². The fraction of sp³-hybridized carbons (Fsp3) is 0.364. The van der Waals surface area contributed by atoms with Gasteiger partial charge in [-0.15, -0.1) is 0 Å². The number of anilines is 2. The Bertz CT molecular complexity index is 846. The number of aryl methyl sites for hydroxylation is 1. The molecular weight excluding hydrogens is 356 g/mol. The second kappa shape index (κ2) is 8.78. The first-order valence-electron chi connectivity index (χ1n) is 9.55. The molecule has 0 bridgehead atoms. The third-order valence-electron chi connectivity index (χ3n) is 4.44. The van der Waals surface area contributed by atoms with Gasteiger partial charge in [-0.25, -0.2) is 0 Å². The fourth-order valence-corrected chi connectivity index (χ4v) is 3.01. The minimum Gasteiger partial charge on any atom is -0.484 e. The van der Waals surface area contributed by atoms with Crippen molar-refractivity contribution in [2.45, 2.75) is 27.2 Å². The molecule has 0 unspecified atom stereocenters. The van der Waals surface area contributed by atoms with Gasteiger partial charge in [0.25, 0.3) is 11.8 Å². The Labute approximate surface area is 165 Å². The maximum atomic E-state index is 12.2. The Morgan fingerprint density at radius 2 is 1.96 bits per heavy atom. The van der Waals surface area contributed by atoms with Crippen LogP contribution in [0, 0.1) is 5.92 Å². The summed E-state index contributed by atoms with van der Waals surface area (Å²) in [5, 5.41) is 2.80. The summed E-state index contributed by atoms with van der Waals surface area (Å²) in [6.45, 7) is 6.77. The highest BCUT2D eigenvalue weighted by Crippen LogP contribution is 2.35. The average molecular weight is 382 g/mol. The Kier molecular flexibility index (Phi) is 6.19. The van der Waals surface area contributed by atoms with Crippen LogP contribution in [0.25, 0.3) is 0 Å². The lowest BCUT2D eigenvalue weighted by molar-refractivity contribution is -0.121. The number of nitrogens with zero attached hydrogens (tertiary/aromatic N) is 1. The van der Waals surface area contributed by atoms with Crippen LogP contribution in [0.5, 0.6) is 11.5 Å². The zero-order valence-electron chi connectivity index (χ0n) is 16.5. The smallest absolute Gasteiger partial charge is 0.265 e. The third kappa shape index (κ3) is 4.82. The van der Waals surface area contributed by atoms with Gasteiger partial charge in [-0.3, -0.25) is 9.59 Å².